The van der Waals surface area contributed by atoms with Crippen LogP contribution in [0.5, 0.6) is 0 Å². The summed E-state index contributed by atoms with van der Waals surface area (Å²) >= 11 is 0. The average Bonchev–Trinajstić information content (AvgIpc) is 2.40. The second-order valence-corrected chi connectivity index (χ2v) is 4.28. The van der Waals surface area contributed by atoms with Crippen LogP contribution in [-0.2, 0) is 0 Å². The molecule has 0 aliphatic rings. The molecular weight excluding hydrogens is 222 g/mol. The quantitative estimate of drug-likeness (QED) is 0.588. The second-order valence-electron chi connectivity index (χ2n) is 4.28. The molecule has 2 nitrogen and oxygen atoms in total. The fourth-order valence-electron chi connectivity index (χ4n) is 1.66. The maximum atomic E-state index is 11.9. The monoisotopic (exact) mass is 237 g/mol. The number of benzene rings is 2. The number of carbonyl (C=O) groups excluding carboxylic acids is 1. The van der Waals surface area contributed by atoms with Crippen molar-refractivity contribution in [2.75, 3.05) is 0 Å². The number of carbonyl (C=O) groups is 1. The highest BCUT2D eigenvalue weighted by molar-refractivity contribution is 6.35. The highest BCUT2D eigenvalue weighted by Gasteiger charge is 2.01. The molecular formula is C16H15NO. The molecule has 0 aliphatic heterocycles. The smallest absolute Gasteiger partial charge is 0.204 e. The zero-order valence-electron chi connectivity index (χ0n) is 10.6. The highest BCUT2D eigenvalue weighted by Crippen LogP contribution is 2.19. The van der Waals surface area contributed by atoms with Crippen LogP contribution in [0.4, 0.5) is 5.69 Å². The van der Waals surface area contributed by atoms with Crippen molar-refractivity contribution < 1.29 is 4.79 Å². The lowest BCUT2D eigenvalue weighted by molar-refractivity contribution is 0.107. The lowest BCUT2D eigenvalue weighted by Crippen LogP contribution is -1.99. The van der Waals surface area contributed by atoms with Gasteiger partial charge in [-0.05, 0) is 31.0 Å². The molecule has 0 saturated carbocycles. The van der Waals surface area contributed by atoms with Crippen molar-refractivity contribution in [3.63, 3.8) is 0 Å². The van der Waals surface area contributed by atoms with Crippen molar-refractivity contribution in [2.24, 2.45) is 4.99 Å². The van der Waals surface area contributed by atoms with Crippen LogP contribution in [0.1, 0.15) is 21.5 Å². The van der Waals surface area contributed by atoms with Crippen LogP contribution in [0.3, 0.4) is 0 Å². The fourth-order valence-corrected chi connectivity index (χ4v) is 1.66. The topological polar surface area (TPSA) is 29.4 Å². The Morgan fingerprint density at radius 3 is 2.50 bits per heavy atom. The van der Waals surface area contributed by atoms with Gasteiger partial charge in [0.1, 0.15) is 0 Å². The van der Waals surface area contributed by atoms with Gasteiger partial charge in [0.15, 0.2) is 0 Å². The van der Waals surface area contributed by atoms with Crippen LogP contribution in [0.15, 0.2) is 53.5 Å². The molecule has 0 atom stereocenters. The summed E-state index contributed by atoms with van der Waals surface area (Å²) < 4.78 is 0. The number of hydrogen-bond donors (Lipinski definition) is 0. The predicted molar refractivity (Wildman–Crippen MR) is 74.8 cm³/mol. The first-order chi connectivity index (χ1) is 8.66. The number of hydrogen-bond acceptors (Lipinski definition) is 2. The summed E-state index contributed by atoms with van der Waals surface area (Å²) in [5.74, 6) is -0.0727. The maximum Gasteiger partial charge on any atom is 0.204 e. The molecule has 0 heterocycles. The Balaban J connectivity index is 2.21. The number of aryl methyl sites for hydroxylation is 2. The van der Waals surface area contributed by atoms with Gasteiger partial charge in [0.05, 0.1) is 11.9 Å². The highest BCUT2D eigenvalue weighted by atomic mass is 16.1. The summed E-state index contributed by atoms with van der Waals surface area (Å²) in [7, 11) is 0. The van der Waals surface area contributed by atoms with Gasteiger partial charge in [-0.2, -0.15) is 0 Å². The van der Waals surface area contributed by atoms with E-state index in [1.165, 1.54) is 6.21 Å². The molecule has 0 fully saturated rings. The van der Waals surface area contributed by atoms with E-state index in [0.29, 0.717) is 5.56 Å². The van der Waals surface area contributed by atoms with E-state index in [-0.39, 0.29) is 5.78 Å². The van der Waals surface area contributed by atoms with Gasteiger partial charge in [-0.15, -0.1) is 0 Å². The first kappa shape index (κ1) is 12.2. The van der Waals surface area contributed by atoms with Crippen molar-refractivity contribution in [1.82, 2.24) is 0 Å². The molecule has 90 valence electrons. The molecule has 0 saturated heterocycles. The van der Waals surface area contributed by atoms with E-state index in [4.69, 9.17) is 0 Å². The van der Waals surface area contributed by atoms with E-state index in [0.717, 1.165) is 16.8 Å². The van der Waals surface area contributed by atoms with E-state index in [9.17, 15) is 4.79 Å². The summed E-state index contributed by atoms with van der Waals surface area (Å²) in [6.45, 7) is 4.00. The minimum Gasteiger partial charge on any atom is -0.288 e. The summed E-state index contributed by atoms with van der Waals surface area (Å²) in [5.41, 5.74) is 3.71. The average molecular weight is 237 g/mol. The van der Waals surface area contributed by atoms with Crippen LogP contribution < -0.4 is 0 Å². The summed E-state index contributed by atoms with van der Waals surface area (Å²) in [5, 5.41) is 0. The van der Waals surface area contributed by atoms with Gasteiger partial charge in [0.2, 0.25) is 5.78 Å². The maximum absolute atomic E-state index is 11.9. The van der Waals surface area contributed by atoms with Crippen molar-refractivity contribution in [3.8, 4) is 0 Å². The molecule has 0 spiro atoms. The number of ketones is 1. The molecule has 2 heteroatoms. The Kier molecular flexibility index (Phi) is 3.68. The van der Waals surface area contributed by atoms with Gasteiger partial charge < -0.3 is 0 Å². The van der Waals surface area contributed by atoms with Gasteiger partial charge in [0, 0.05) is 5.56 Å². The number of rotatable bonds is 3. The summed E-state index contributed by atoms with van der Waals surface area (Å²) in [4.78, 5) is 16.1. The largest absolute Gasteiger partial charge is 0.288 e. The van der Waals surface area contributed by atoms with Crippen LogP contribution >= 0.6 is 0 Å². The molecule has 0 aromatic heterocycles. The van der Waals surface area contributed by atoms with Crippen LogP contribution in [-0.4, -0.2) is 12.0 Å². The summed E-state index contributed by atoms with van der Waals surface area (Å²) in [6.07, 6.45) is 1.39. The molecule has 18 heavy (non-hydrogen) atoms. The minimum atomic E-state index is -0.0727. The lowest BCUT2D eigenvalue weighted by atomic mass is 10.1. The van der Waals surface area contributed by atoms with E-state index < -0.39 is 0 Å². The van der Waals surface area contributed by atoms with Gasteiger partial charge in [-0.25, -0.2) is 0 Å². The van der Waals surface area contributed by atoms with E-state index in [1.54, 1.807) is 12.1 Å². The molecule has 0 amide bonds. The van der Waals surface area contributed by atoms with Crippen molar-refractivity contribution in [1.29, 1.82) is 0 Å². The lowest BCUT2D eigenvalue weighted by Gasteiger charge is -2.01. The number of nitrogens with zero attached hydrogens (tertiary/aromatic N) is 1. The number of aliphatic imine (C=N–C) groups is 1. The van der Waals surface area contributed by atoms with Crippen LogP contribution in [0.2, 0.25) is 0 Å². The van der Waals surface area contributed by atoms with Gasteiger partial charge >= 0.3 is 0 Å². The normalized spacial score (nSPS) is 10.8. The molecule has 0 unspecified atom stereocenters. The Hall–Kier alpha value is -2.22. The molecule has 0 aliphatic carbocycles. The van der Waals surface area contributed by atoms with E-state index in [1.807, 2.05) is 50.2 Å². The van der Waals surface area contributed by atoms with E-state index >= 15 is 0 Å². The third-order valence-electron chi connectivity index (χ3n) is 2.74. The molecule has 2 aromatic carbocycles. The Morgan fingerprint density at radius 1 is 1.06 bits per heavy atom. The van der Waals surface area contributed by atoms with Gasteiger partial charge in [0.25, 0.3) is 0 Å². The third-order valence-corrected chi connectivity index (χ3v) is 2.74. The molecule has 2 aromatic rings. The zero-order valence-corrected chi connectivity index (χ0v) is 10.6. The first-order valence-corrected chi connectivity index (χ1v) is 5.87. The molecule has 0 radical (unpaired) electrons. The summed E-state index contributed by atoms with van der Waals surface area (Å²) in [6, 6.07) is 15.2. The molecule has 0 bridgehead atoms. The zero-order chi connectivity index (χ0) is 13.0. The number of Topliss-reactive ketones (excluding diaryl/α,β-unsaturated/α-hetero) is 1. The first-order valence-electron chi connectivity index (χ1n) is 5.87. The van der Waals surface area contributed by atoms with Crippen LogP contribution in [0, 0.1) is 13.8 Å². The standard InChI is InChI=1S/C16H15NO/c1-12-8-9-13(2)15(10-12)17-11-16(18)14-6-4-3-5-7-14/h3-11H,1-2H3. The van der Waals surface area contributed by atoms with E-state index in [2.05, 4.69) is 4.99 Å². The van der Waals surface area contributed by atoms with Gasteiger partial charge in [-0.3, -0.25) is 9.79 Å². The SMILES string of the molecule is Cc1ccc(C)c(N=CC(=O)c2ccccc2)c1. The molecule has 2 rings (SSSR count). The minimum absolute atomic E-state index is 0.0727. The van der Waals surface area contributed by atoms with Crippen molar-refractivity contribution in [2.45, 2.75) is 13.8 Å². The van der Waals surface area contributed by atoms with Crippen molar-refractivity contribution in [3.05, 3.63) is 65.2 Å². The third kappa shape index (κ3) is 2.92. The Bertz CT molecular complexity index is 585. The Morgan fingerprint density at radius 2 is 1.78 bits per heavy atom. The molecule has 0 N–H and O–H groups in total. The van der Waals surface area contributed by atoms with Gasteiger partial charge in [-0.1, -0.05) is 42.5 Å². The second kappa shape index (κ2) is 5.41. The predicted octanol–water partition coefficient (Wildman–Crippen LogP) is 3.89. The Labute approximate surface area is 107 Å². The fraction of sp³-hybridized carbons (Fsp3) is 0.125. The van der Waals surface area contributed by atoms with Crippen molar-refractivity contribution >= 4 is 17.7 Å². The van der Waals surface area contributed by atoms with Crippen LogP contribution in [0.25, 0.3) is 0 Å².